The molecule has 3 aromatic rings. The maximum atomic E-state index is 12.7. The summed E-state index contributed by atoms with van der Waals surface area (Å²) >= 11 is 0. The lowest BCUT2D eigenvalue weighted by Crippen LogP contribution is -2.38. The molecule has 0 aliphatic carbocycles. The molecule has 6 heteroatoms. The predicted octanol–water partition coefficient (Wildman–Crippen LogP) is 2.49. The van der Waals surface area contributed by atoms with Crippen LogP contribution in [0.3, 0.4) is 0 Å². The molecule has 0 radical (unpaired) electrons. The van der Waals surface area contributed by atoms with Crippen LogP contribution in [0.4, 0.5) is 5.82 Å². The van der Waals surface area contributed by atoms with E-state index in [1.165, 1.54) is 0 Å². The highest BCUT2D eigenvalue weighted by molar-refractivity contribution is 5.94. The van der Waals surface area contributed by atoms with Gasteiger partial charge in [0.05, 0.1) is 5.69 Å². The Kier molecular flexibility index (Phi) is 4.39. The van der Waals surface area contributed by atoms with E-state index in [1.54, 1.807) is 17.9 Å². The molecule has 1 saturated heterocycles. The summed E-state index contributed by atoms with van der Waals surface area (Å²) in [5, 5.41) is 7.61. The van der Waals surface area contributed by atoms with E-state index >= 15 is 0 Å². The highest BCUT2D eigenvalue weighted by Crippen LogP contribution is 2.20. The molecular formula is C20H21N5O. The van der Waals surface area contributed by atoms with E-state index in [4.69, 9.17) is 0 Å². The molecular weight excluding hydrogens is 326 g/mol. The minimum Gasteiger partial charge on any atom is -0.354 e. The smallest absolute Gasteiger partial charge is 0.269 e. The maximum Gasteiger partial charge on any atom is 0.269 e. The van der Waals surface area contributed by atoms with Gasteiger partial charge in [-0.3, -0.25) is 9.48 Å². The molecule has 1 atom stereocenters. The van der Waals surface area contributed by atoms with Gasteiger partial charge in [0.25, 0.3) is 5.91 Å². The summed E-state index contributed by atoms with van der Waals surface area (Å²) in [4.78, 5) is 19.3. The Morgan fingerprint density at radius 2 is 1.96 bits per heavy atom. The van der Waals surface area contributed by atoms with E-state index in [0.717, 1.165) is 36.6 Å². The van der Waals surface area contributed by atoms with E-state index in [-0.39, 0.29) is 11.9 Å². The second kappa shape index (κ2) is 7.00. The van der Waals surface area contributed by atoms with Crippen molar-refractivity contribution in [2.75, 3.05) is 18.0 Å². The number of anilines is 1. The largest absolute Gasteiger partial charge is 0.354 e. The molecule has 1 aliphatic heterocycles. The predicted molar refractivity (Wildman–Crippen MR) is 101 cm³/mol. The first-order valence-electron chi connectivity index (χ1n) is 8.77. The summed E-state index contributed by atoms with van der Waals surface area (Å²) in [5.41, 5.74) is 2.38. The average molecular weight is 347 g/mol. The number of hydrogen-bond donors (Lipinski definition) is 1. The standard InChI is InChI=1S/C20H21N5O/c1-24-18(13-17(23-24)15-7-3-2-4-8-15)20(26)22-16-10-12-25(14-16)19-9-5-6-11-21-19/h2-9,11,13,16H,10,12,14H2,1H3,(H,22,26)/t16-/m0/s1. The maximum absolute atomic E-state index is 12.7. The zero-order valence-corrected chi connectivity index (χ0v) is 14.7. The van der Waals surface area contributed by atoms with Gasteiger partial charge in [-0.15, -0.1) is 0 Å². The molecule has 1 N–H and O–H groups in total. The van der Waals surface area contributed by atoms with Gasteiger partial charge in [0.15, 0.2) is 0 Å². The molecule has 6 nitrogen and oxygen atoms in total. The summed E-state index contributed by atoms with van der Waals surface area (Å²) in [6.07, 6.45) is 2.70. The Labute approximate surface area is 152 Å². The number of aromatic nitrogens is 3. The SMILES string of the molecule is Cn1nc(-c2ccccc2)cc1C(=O)N[C@H]1CCN(c2ccccn2)C1. The Morgan fingerprint density at radius 3 is 2.73 bits per heavy atom. The van der Waals surface area contributed by atoms with Gasteiger partial charge < -0.3 is 10.2 Å². The van der Waals surface area contributed by atoms with Crippen molar-refractivity contribution in [3.63, 3.8) is 0 Å². The van der Waals surface area contributed by atoms with Crippen molar-refractivity contribution in [2.45, 2.75) is 12.5 Å². The molecule has 1 aromatic carbocycles. The van der Waals surface area contributed by atoms with Crippen LogP contribution in [0, 0.1) is 0 Å². The summed E-state index contributed by atoms with van der Waals surface area (Å²) in [7, 11) is 1.80. The lowest BCUT2D eigenvalue weighted by atomic mass is 10.1. The molecule has 1 fully saturated rings. The fraction of sp³-hybridized carbons (Fsp3) is 0.250. The molecule has 2 aromatic heterocycles. The highest BCUT2D eigenvalue weighted by atomic mass is 16.2. The van der Waals surface area contributed by atoms with Crippen LogP contribution in [-0.2, 0) is 7.05 Å². The summed E-state index contributed by atoms with van der Waals surface area (Å²) in [6.45, 7) is 1.66. The molecule has 1 aliphatic rings. The van der Waals surface area contributed by atoms with Crippen molar-refractivity contribution in [1.82, 2.24) is 20.1 Å². The fourth-order valence-corrected chi connectivity index (χ4v) is 3.32. The van der Waals surface area contributed by atoms with Crippen molar-refractivity contribution in [3.8, 4) is 11.3 Å². The third kappa shape index (κ3) is 3.31. The molecule has 0 saturated carbocycles. The van der Waals surface area contributed by atoms with Crippen LogP contribution in [0.1, 0.15) is 16.9 Å². The number of carbonyl (C=O) groups excluding carboxylic acids is 1. The number of aryl methyl sites for hydroxylation is 1. The minimum absolute atomic E-state index is 0.0879. The zero-order valence-electron chi connectivity index (χ0n) is 14.7. The Bertz CT molecular complexity index is 891. The number of benzene rings is 1. The Hall–Kier alpha value is -3.15. The summed E-state index contributed by atoms with van der Waals surface area (Å²) in [5.74, 6) is 0.867. The van der Waals surface area contributed by atoms with E-state index in [9.17, 15) is 4.79 Å². The molecule has 0 unspecified atom stereocenters. The molecule has 26 heavy (non-hydrogen) atoms. The van der Waals surface area contributed by atoms with Crippen LogP contribution < -0.4 is 10.2 Å². The van der Waals surface area contributed by atoms with Crippen LogP contribution in [0.25, 0.3) is 11.3 Å². The van der Waals surface area contributed by atoms with Crippen molar-refractivity contribution >= 4 is 11.7 Å². The van der Waals surface area contributed by atoms with Gasteiger partial charge in [0, 0.05) is 37.9 Å². The monoisotopic (exact) mass is 347 g/mol. The first-order chi connectivity index (χ1) is 12.7. The van der Waals surface area contributed by atoms with Gasteiger partial charge in [-0.1, -0.05) is 36.4 Å². The number of carbonyl (C=O) groups is 1. The van der Waals surface area contributed by atoms with Crippen LogP contribution in [0.15, 0.2) is 60.8 Å². The highest BCUT2D eigenvalue weighted by Gasteiger charge is 2.26. The third-order valence-electron chi connectivity index (χ3n) is 4.68. The van der Waals surface area contributed by atoms with Crippen molar-refractivity contribution in [2.24, 2.45) is 7.05 Å². The van der Waals surface area contributed by atoms with Crippen LogP contribution in [-0.4, -0.2) is 39.8 Å². The summed E-state index contributed by atoms with van der Waals surface area (Å²) in [6, 6.07) is 17.7. The van der Waals surface area contributed by atoms with Gasteiger partial charge in [0.1, 0.15) is 11.5 Å². The number of nitrogens with one attached hydrogen (secondary N) is 1. The fourth-order valence-electron chi connectivity index (χ4n) is 3.32. The molecule has 4 rings (SSSR count). The molecule has 0 spiro atoms. The van der Waals surface area contributed by atoms with Gasteiger partial charge in [-0.05, 0) is 24.6 Å². The quantitative estimate of drug-likeness (QED) is 0.788. The van der Waals surface area contributed by atoms with E-state index in [0.29, 0.717) is 5.69 Å². The molecule has 132 valence electrons. The average Bonchev–Trinajstić information content (AvgIpc) is 3.30. The Balaban J connectivity index is 1.44. The van der Waals surface area contributed by atoms with Gasteiger partial charge in [0.2, 0.25) is 0 Å². The number of nitrogens with zero attached hydrogens (tertiary/aromatic N) is 4. The second-order valence-corrected chi connectivity index (χ2v) is 6.50. The van der Waals surface area contributed by atoms with E-state index < -0.39 is 0 Å². The third-order valence-corrected chi connectivity index (χ3v) is 4.68. The Morgan fingerprint density at radius 1 is 1.15 bits per heavy atom. The number of amides is 1. The molecule has 1 amide bonds. The van der Waals surface area contributed by atoms with Gasteiger partial charge in [-0.2, -0.15) is 5.10 Å². The summed E-state index contributed by atoms with van der Waals surface area (Å²) < 4.78 is 1.64. The first kappa shape index (κ1) is 16.3. The van der Waals surface area contributed by atoms with Crippen molar-refractivity contribution in [1.29, 1.82) is 0 Å². The topological polar surface area (TPSA) is 63.1 Å². The number of hydrogen-bond acceptors (Lipinski definition) is 4. The molecule has 3 heterocycles. The van der Waals surface area contributed by atoms with Crippen LogP contribution >= 0.6 is 0 Å². The minimum atomic E-state index is -0.0879. The van der Waals surface area contributed by atoms with Crippen LogP contribution in [0.2, 0.25) is 0 Å². The lowest BCUT2D eigenvalue weighted by Gasteiger charge is -2.17. The second-order valence-electron chi connectivity index (χ2n) is 6.50. The first-order valence-corrected chi connectivity index (χ1v) is 8.77. The zero-order chi connectivity index (χ0) is 17.9. The normalized spacial score (nSPS) is 16.7. The lowest BCUT2D eigenvalue weighted by molar-refractivity contribution is 0.0931. The van der Waals surface area contributed by atoms with Gasteiger partial charge in [-0.25, -0.2) is 4.98 Å². The van der Waals surface area contributed by atoms with Crippen molar-refractivity contribution < 1.29 is 4.79 Å². The number of pyridine rings is 1. The van der Waals surface area contributed by atoms with Crippen molar-refractivity contribution in [3.05, 3.63) is 66.5 Å². The van der Waals surface area contributed by atoms with E-state index in [1.807, 2.05) is 54.6 Å². The van der Waals surface area contributed by atoms with Crippen LogP contribution in [0.5, 0.6) is 0 Å². The number of rotatable bonds is 4. The van der Waals surface area contributed by atoms with Gasteiger partial charge >= 0.3 is 0 Å². The molecule has 0 bridgehead atoms. The van der Waals surface area contributed by atoms with E-state index in [2.05, 4.69) is 20.3 Å².